The molecular formula is C18H18BrNO4. The number of rotatable bonds is 6. The Bertz CT molecular complexity index is 698. The first-order chi connectivity index (χ1) is 11.5. The number of aliphatic hydroxyl groups excluding tert-OH is 1. The average molecular weight is 392 g/mol. The molecule has 24 heavy (non-hydrogen) atoms. The minimum absolute atomic E-state index is 0.0916. The smallest absolute Gasteiger partial charge is 0.338 e. The second-order valence-electron chi connectivity index (χ2n) is 5.27. The van der Waals surface area contributed by atoms with Gasteiger partial charge in [0.2, 0.25) is 0 Å². The molecule has 6 heteroatoms. The molecule has 1 atom stereocenters. The van der Waals surface area contributed by atoms with Gasteiger partial charge in [-0.1, -0.05) is 40.2 Å². The molecule has 0 spiro atoms. The molecule has 0 aliphatic carbocycles. The average Bonchev–Trinajstić information content (AvgIpc) is 2.60. The third-order valence-electron chi connectivity index (χ3n) is 3.45. The molecule has 0 heterocycles. The first-order valence-corrected chi connectivity index (χ1v) is 8.20. The summed E-state index contributed by atoms with van der Waals surface area (Å²) in [5, 5.41) is 11.7. The van der Waals surface area contributed by atoms with Gasteiger partial charge >= 0.3 is 5.97 Å². The van der Waals surface area contributed by atoms with Crippen LogP contribution in [-0.4, -0.2) is 23.6 Å². The predicted molar refractivity (Wildman–Crippen MR) is 93.3 cm³/mol. The minimum atomic E-state index is -0.578. The van der Waals surface area contributed by atoms with Crippen LogP contribution in [0, 0.1) is 0 Å². The van der Waals surface area contributed by atoms with Gasteiger partial charge in [-0.2, -0.15) is 0 Å². The van der Waals surface area contributed by atoms with E-state index in [0.29, 0.717) is 11.1 Å². The van der Waals surface area contributed by atoms with Crippen molar-refractivity contribution in [2.24, 2.45) is 0 Å². The molecule has 2 aromatic rings. The van der Waals surface area contributed by atoms with Crippen molar-refractivity contribution in [1.82, 2.24) is 5.32 Å². The number of halogens is 1. The lowest BCUT2D eigenvalue weighted by Crippen LogP contribution is -2.31. The normalized spacial score (nSPS) is 11.6. The quantitative estimate of drug-likeness (QED) is 0.742. The largest absolute Gasteiger partial charge is 0.452 e. The molecule has 0 radical (unpaired) electrons. The van der Waals surface area contributed by atoms with Crippen LogP contribution in [0.1, 0.15) is 34.5 Å². The van der Waals surface area contributed by atoms with Crippen LogP contribution in [0.3, 0.4) is 0 Å². The maximum atomic E-state index is 11.9. The van der Waals surface area contributed by atoms with Gasteiger partial charge in [0, 0.05) is 4.47 Å². The van der Waals surface area contributed by atoms with Crippen LogP contribution in [-0.2, 0) is 16.1 Å². The summed E-state index contributed by atoms with van der Waals surface area (Å²) in [6.07, 6.45) is 0. The van der Waals surface area contributed by atoms with E-state index in [1.54, 1.807) is 24.3 Å². The van der Waals surface area contributed by atoms with Crippen LogP contribution in [0.15, 0.2) is 53.0 Å². The summed E-state index contributed by atoms with van der Waals surface area (Å²) >= 11 is 3.36. The number of carbonyl (C=O) groups excluding carboxylic acids is 2. The Labute approximate surface area is 148 Å². The van der Waals surface area contributed by atoms with E-state index in [9.17, 15) is 9.59 Å². The van der Waals surface area contributed by atoms with Crippen molar-refractivity contribution >= 4 is 27.8 Å². The number of ether oxygens (including phenoxy) is 1. The van der Waals surface area contributed by atoms with Crippen molar-refractivity contribution in [2.45, 2.75) is 19.6 Å². The van der Waals surface area contributed by atoms with E-state index in [1.807, 2.05) is 31.2 Å². The van der Waals surface area contributed by atoms with Crippen molar-refractivity contribution in [3.05, 3.63) is 69.7 Å². The molecule has 2 rings (SSSR count). The number of hydrogen-bond acceptors (Lipinski definition) is 4. The highest BCUT2D eigenvalue weighted by atomic mass is 79.9. The zero-order valence-corrected chi connectivity index (χ0v) is 14.7. The first kappa shape index (κ1) is 18.2. The Morgan fingerprint density at radius 3 is 2.33 bits per heavy atom. The fourth-order valence-corrected chi connectivity index (χ4v) is 2.34. The first-order valence-electron chi connectivity index (χ1n) is 7.41. The molecule has 0 aromatic heterocycles. The molecule has 0 aliphatic heterocycles. The van der Waals surface area contributed by atoms with Crippen molar-refractivity contribution in [2.75, 3.05) is 6.61 Å². The second-order valence-corrected chi connectivity index (χ2v) is 6.19. The molecule has 126 valence electrons. The lowest BCUT2D eigenvalue weighted by Gasteiger charge is -2.14. The maximum Gasteiger partial charge on any atom is 0.338 e. The lowest BCUT2D eigenvalue weighted by atomic mass is 10.1. The highest BCUT2D eigenvalue weighted by Gasteiger charge is 2.13. The number of aliphatic hydroxyl groups is 1. The van der Waals surface area contributed by atoms with Gasteiger partial charge in [-0.05, 0) is 42.3 Å². The minimum Gasteiger partial charge on any atom is -0.452 e. The van der Waals surface area contributed by atoms with Gasteiger partial charge in [0.15, 0.2) is 6.61 Å². The molecular weight excluding hydrogens is 374 g/mol. The Kier molecular flexibility index (Phi) is 6.52. The van der Waals surface area contributed by atoms with Gasteiger partial charge in [-0.15, -0.1) is 0 Å². The molecule has 0 bridgehead atoms. The van der Waals surface area contributed by atoms with Crippen LogP contribution >= 0.6 is 15.9 Å². The number of hydrogen-bond donors (Lipinski definition) is 2. The van der Waals surface area contributed by atoms with Gasteiger partial charge in [-0.3, -0.25) is 4.79 Å². The molecule has 0 saturated heterocycles. The van der Waals surface area contributed by atoms with Gasteiger partial charge in [0.1, 0.15) is 0 Å². The van der Waals surface area contributed by atoms with E-state index in [1.165, 1.54) is 0 Å². The number of nitrogens with one attached hydrogen (secondary N) is 1. The standard InChI is InChI=1S/C18H18BrNO4/c1-12(14-6-8-16(19)9-7-14)20-17(22)11-24-18(23)15-4-2-13(10-21)3-5-15/h2-9,12,21H,10-11H2,1H3,(H,20,22)/t12-/m0/s1. The Morgan fingerprint density at radius 2 is 1.75 bits per heavy atom. The molecule has 0 fully saturated rings. The van der Waals surface area contributed by atoms with Gasteiger partial charge in [0.05, 0.1) is 18.2 Å². The zero-order chi connectivity index (χ0) is 17.5. The summed E-state index contributed by atoms with van der Waals surface area (Å²) < 4.78 is 5.96. The number of esters is 1. The topological polar surface area (TPSA) is 75.6 Å². The van der Waals surface area contributed by atoms with E-state index in [-0.39, 0.29) is 25.2 Å². The van der Waals surface area contributed by atoms with Crippen LogP contribution in [0.2, 0.25) is 0 Å². The summed E-state index contributed by atoms with van der Waals surface area (Å²) in [5.41, 5.74) is 1.99. The summed E-state index contributed by atoms with van der Waals surface area (Å²) in [4.78, 5) is 23.8. The second kappa shape index (κ2) is 8.61. The molecule has 0 saturated carbocycles. The third kappa shape index (κ3) is 5.18. The highest BCUT2D eigenvalue weighted by Crippen LogP contribution is 2.16. The molecule has 0 unspecified atom stereocenters. The summed E-state index contributed by atoms with van der Waals surface area (Å²) in [7, 11) is 0. The third-order valence-corrected chi connectivity index (χ3v) is 3.98. The van der Waals surface area contributed by atoms with Crippen LogP contribution in [0.25, 0.3) is 0 Å². The fraction of sp³-hybridized carbons (Fsp3) is 0.222. The van der Waals surface area contributed by atoms with Crippen LogP contribution < -0.4 is 5.32 Å². The van der Waals surface area contributed by atoms with Gasteiger partial charge < -0.3 is 15.2 Å². The SMILES string of the molecule is C[C@H](NC(=O)COC(=O)c1ccc(CO)cc1)c1ccc(Br)cc1. The van der Waals surface area contributed by atoms with Crippen molar-refractivity contribution in [1.29, 1.82) is 0 Å². The molecule has 2 aromatic carbocycles. The summed E-state index contributed by atoms with van der Waals surface area (Å²) in [5.74, 6) is -0.948. The van der Waals surface area contributed by atoms with Gasteiger partial charge in [-0.25, -0.2) is 4.79 Å². The fourth-order valence-electron chi connectivity index (χ4n) is 2.08. The van der Waals surface area contributed by atoms with E-state index >= 15 is 0 Å². The number of amides is 1. The molecule has 0 aliphatic rings. The van der Waals surface area contributed by atoms with E-state index in [0.717, 1.165) is 10.0 Å². The summed E-state index contributed by atoms with van der Waals surface area (Å²) in [6, 6.07) is 13.8. The lowest BCUT2D eigenvalue weighted by molar-refractivity contribution is -0.124. The monoisotopic (exact) mass is 391 g/mol. The van der Waals surface area contributed by atoms with Crippen molar-refractivity contribution < 1.29 is 19.4 Å². The van der Waals surface area contributed by atoms with E-state index in [2.05, 4.69) is 21.2 Å². The number of benzene rings is 2. The van der Waals surface area contributed by atoms with E-state index in [4.69, 9.17) is 9.84 Å². The number of carbonyl (C=O) groups is 2. The Balaban J connectivity index is 1.83. The van der Waals surface area contributed by atoms with Crippen LogP contribution in [0.4, 0.5) is 0 Å². The molecule has 2 N–H and O–H groups in total. The Hall–Kier alpha value is -2.18. The van der Waals surface area contributed by atoms with Gasteiger partial charge in [0.25, 0.3) is 5.91 Å². The maximum absolute atomic E-state index is 11.9. The predicted octanol–water partition coefficient (Wildman–Crippen LogP) is 2.98. The highest BCUT2D eigenvalue weighted by molar-refractivity contribution is 9.10. The van der Waals surface area contributed by atoms with Crippen molar-refractivity contribution in [3.63, 3.8) is 0 Å². The zero-order valence-electron chi connectivity index (χ0n) is 13.2. The summed E-state index contributed by atoms with van der Waals surface area (Å²) in [6.45, 7) is 1.42. The van der Waals surface area contributed by atoms with Crippen molar-refractivity contribution in [3.8, 4) is 0 Å². The molecule has 5 nitrogen and oxygen atoms in total. The molecule has 1 amide bonds. The van der Waals surface area contributed by atoms with Crippen LogP contribution in [0.5, 0.6) is 0 Å². The Morgan fingerprint density at radius 1 is 1.12 bits per heavy atom. The van der Waals surface area contributed by atoms with E-state index < -0.39 is 5.97 Å².